The number of rotatable bonds is 7. The Morgan fingerprint density at radius 3 is 2.70 bits per heavy atom. The van der Waals surface area contributed by atoms with Gasteiger partial charge in [-0.15, -0.1) is 0 Å². The summed E-state index contributed by atoms with van der Waals surface area (Å²) in [5.74, 6) is -1.93. The summed E-state index contributed by atoms with van der Waals surface area (Å²) in [6, 6.07) is 1.42. The normalized spacial score (nSPS) is 11.9. The van der Waals surface area contributed by atoms with Crippen LogP contribution in [0.25, 0.3) is 0 Å². The second kappa shape index (κ2) is 6.94. The molecule has 1 aromatic rings. The van der Waals surface area contributed by atoms with Gasteiger partial charge >= 0.3 is 5.97 Å². The number of carbonyl (C=O) groups is 1. The van der Waals surface area contributed by atoms with Crippen LogP contribution in [0.5, 0.6) is 0 Å². The third-order valence-electron chi connectivity index (χ3n) is 2.48. The first-order chi connectivity index (χ1) is 9.36. The molecule has 0 amide bonds. The van der Waals surface area contributed by atoms with Crippen LogP contribution in [0.3, 0.4) is 0 Å². The average Bonchev–Trinajstić information content (AvgIpc) is 2.37. The van der Waals surface area contributed by atoms with E-state index in [1.54, 1.807) is 6.92 Å². The van der Waals surface area contributed by atoms with Gasteiger partial charge in [-0.3, -0.25) is 14.3 Å². The zero-order valence-corrected chi connectivity index (χ0v) is 11.4. The molecule has 0 spiro atoms. The van der Waals surface area contributed by atoms with Crippen LogP contribution in [0.2, 0.25) is 0 Å². The van der Waals surface area contributed by atoms with E-state index in [9.17, 15) is 23.5 Å². The van der Waals surface area contributed by atoms with Crippen LogP contribution in [0.15, 0.2) is 12.1 Å². The van der Waals surface area contributed by atoms with E-state index in [2.05, 4.69) is 5.32 Å². The maximum Gasteiger partial charge on any atom is 0.338 e. The minimum atomic E-state index is -1.58. The van der Waals surface area contributed by atoms with Crippen molar-refractivity contribution in [3.05, 3.63) is 33.6 Å². The third-order valence-corrected chi connectivity index (χ3v) is 3.78. The lowest BCUT2D eigenvalue weighted by atomic mass is 10.1. The second-order valence-corrected chi connectivity index (χ2v) is 5.64. The number of carboxylic acids is 1. The molecule has 0 aliphatic heterocycles. The van der Waals surface area contributed by atoms with Crippen molar-refractivity contribution in [3.8, 4) is 0 Å². The Balaban J connectivity index is 3.00. The molecule has 9 heteroatoms. The molecule has 0 heterocycles. The fourth-order valence-electron chi connectivity index (χ4n) is 1.46. The summed E-state index contributed by atoms with van der Waals surface area (Å²) < 4.78 is 24.7. The number of nitrogens with one attached hydrogen (secondary N) is 1. The molecule has 0 radical (unpaired) electrons. The SMILES string of the molecule is CCS(=O)CCNc1cc(F)c(C(=O)O)cc1[N+](=O)[O-]. The molecule has 7 nitrogen and oxygen atoms in total. The Labute approximate surface area is 116 Å². The van der Waals surface area contributed by atoms with Crippen molar-refractivity contribution in [2.45, 2.75) is 6.92 Å². The number of benzene rings is 1. The molecule has 0 aliphatic carbocycles. The first-order valence-electron chi connectivity index (χ1n) is 5.66. The van der Waals surface area contributed by atoms with Crippen LogP contribution in [0.4, 0.5) is 15.8 Å². The minimum absolute atomic E-state index is 0.134. The van der Waals surface area contributed by atoms with Crippen molar-refractivity contribution in [2.75, 3.05) is 23.4 Å². The molecule has 0 fully saturated rings. The average molecular weight is 304 g/mol. The Hall–Kier alpha value is -2.03. The Bertz CT molecular complexity index is 564. The monoisotopic (exact) mass is 304 g/mol. The second-order valence-electron chi connectivity index (χ2n) is 3.77. The molecule has 110 valence electrons. The van der Waals surface area contributed by atoms with Crippen LogP contribution >= 0.6 is 0 Å². The minimum Gasteiger partial charge on any atom is -0.478 e. The van der Waals surface area contributed by atoms with Crippen molar-refractivity contribution < 1.29 is 23.4 Å². The molecule has 0 saturated carbocycles. The Kier molecular flexibility index (Phi) is 5.56. The summed E-state index contributed by atoms with van der Waals surface area (Å²) in [5, 5.41) is 22.2. The van der Waals surface area contributed by atoms with Gasteiger partial charge in [0.1, 0.15) is 17.1 Å². The summed E-state index contributed by atoms with van der Waals surface area (Å²) in [5.41, 5.74) is -1.43. The molecule has 0 bridgehead atoms. The smallest absolute Gasteiger partial charge is 0.338 e. The molecule has 2 N–H and O–H groups in total. The topological polar surface area (TPSA) is 110 Å². The third kappa shape index (κ3) is 3.98. The number of carboxylic acid groups (broad SMARTS) is 1. The Morgan fingerprint density at radius 1 is 1.55 bits per heavy atom. The van der Waals surface area contributed by atoms with Gasteiger partial charge in [0, 0.05) is 41.0 Å². The van der Waals surface area contributed by atoms with E-state index >= 15 is 0 Å². The number of anilines is 1. The van der Waals surface area contributed by atoms with Gasteiger partial charge in [-0.25, -0.2) is 9.18 Å². The van der Waals surface area contributed by atoms with Crippen LogP contribution in [0, 0.1) is 15.9 Å². The first-order valence-corrected chi connectivity index (χ1v) is 7.15. The summed E-state index contributed by atoms with van der Waals surface area (Å²) >= 11 is 0. The number of hydrogen-bond acceptors (Lipinski definition) is 5. The van der Waals surface area contributed by atoms with Gasteiger partial charge in [0.25, 0.3) is 5.69 Å². The van der Waals surface area contributed by atoms with Crippen molar-refractivity contribution in [1.29, 1.82) is 0 Å². The zero-order valence-electron chi connectivity index (χ0n) is 10.6. The van der Waals surface area contributed by atoms with Gasteiger partial charge in [-0.05, 0) is 0 Å². The van der Waals surface area contributed by atoms with Crippen molar-refractivity contribution in [1.82, 2.24) is 0 Å². The lowest BCUT2D eigenvalue weighted by Crippen LogP contribution is -2.14. The maximum atomic E-state index is 13.5. The number of halogens is 1. The quantitative estimate of drug-likeness (QED) is 0.585. The van der Waals surface area contributed by atoms with Crippen molar-refractivity contribution in [3.63, 3.8) is 0 Å². The van der Waals surface area contributed by atoms with E-state index in [0.29, 0.717) is 11.8 Å². The van der Waals surface area contributed by atoms with E-state index in [4.69, 9.17) is 5.11 Å². The number of nitro groups is 1. The molecule has 1 rings (SSSR count). The molecule has 0 saturated heterocycles. The van der Waals surface area contributed by atoms with Gasteiger partial charge in [0.2, 0.25) is 0 Å². The molecule has 1 unspecified atom stereocenters. The molecule has 20 heavy (non-hydrogen) atoms. The van der Waals surface area contributed by atoms with Crippen molar-refractivity contribution >= 4 is 28.1 Å². The predicted octanol–water partition coefficient (Wildman–Crippen LogP) is 1.61. The highest BCUT2D eigenvalue weighted by Gasteiger charge is 2.21. The fourth-order valence-corrected chi connectivity index (χ4v) is 2.08. The van der Waals surface area contributed by atoms with Gasteiger partial charge in [-0.1, -0.05) is 6.92 Å². The van der Waals surface area contributed by atoms with E-state index in [0.717, 1.165) is 6.07 Å². The first kappa shape index (κ1) is 16.0. The molecule has 0 aliphatic rings. The van der Waals surface area contributed by atoms with Gasteiger partial charge in [-0.2, -0.15) is 0 Å². The van der Waals surface area contributed by atoms with E-state index in [1.807, 2.05) is 0 Å². The largest absolute Gasteiger partial charge is 0.478 e. The number of nitro benzene ring substituents is 1. The molecule has 0 aromatic heterocycles. The summed E-state index contributed by atoms with van der Waals surface area (Å²) in [4.78, 5) is 20.8. The molecule has 1 aromatic carbocycles. The van der Waals surface area contributed by atoms with Crippen LogP contribution in [0.1, 0.15) is 17.3 Å². The lowest BCUT2D eigenvalue weighted by molar-refractivity contribution is -0.384. The van der Waals surface area contributed by atoms with Gasteiger partial charge in [0.05, 0.1) is 4.92 Å². The summed E-state index contributed by atoms with van der Waals surface area (Å²) in [7, 11) is -1.06. The molecular weight excluding hydrogens is 291 g/mol. The highest BCUT2D eigenvalue weighted by atomic mass is 32.2. The van der Waals surface area contributed by atoms with Crippen LogP contribution in [-0.2, 0) is 10.8 Å². The standard InChI is InChI=1S/C11H13FN2O5S/c1-2-20(19)4-3-13-9-6-8(12)7(11(15)16)5-10(9)14(17)18/h5-6,13H,2-4H2,1H3,(H,15,16). The van der Waals surface area contributed by atoms with Crippen molar-refractivity contribution in [2.24, 2.45) is 0 Å². The zero-order chi connectivity index (χ0) is 15.3. The summed E-state index contributed by atoms with van der Waals surface area (Å²) in [6.07, 6.45) is 0. The highest BCUT2D eigenvalue weighted by molar-refractivity contribution is 7.84. The van der Waals surface area contributed by atoms with Crippen LogP contribution in [-0.4, -0.2) is 38.3 Å². The lowest BCUT2D eigenvalue weighted by Gasteiger charge is -2.08. The van der Waals surface area contributed by atoms with Crippen LogP contribution < -0.4 is 5.32 Å². The fraction of sp³-hybridized carbons (Fsp3) is 0.364. The highest BCUT2D eigenvalue weighted by Crippen LogP contribution is 2.27. The number of nitrogens with zero attached hydrogens (tertiary/aromatic N) is 1. The maximum absolute atomic E-state index is 13.5. The van der Waals surface area contributed by atoms with Gasteiger partial charge < -0.3 is 10.4 Å². The van der Waals surface area contributed by atoms with E-state index in [-0.39, 0.29) is 18.0 Å². The summed E-state index contributed by atoms with van der Waals surface area (Å²) in [6.45, 7) is 1.90. The number of hydrogen-bond donors (Lipinski definition) is 2. The Morgan fingerprint density at radius 2 is 2.20 bits per heavy atom. The van der Waals surface area contributed by atoms with Gasteiger partial charge in [0.15, 0.2) is 0 Å². The molecule has 1 atom stereocenters. The predicted molar refractivity (Wildman–Crippen MR) is 72.1 cm³/mol. The molecular formula is C11H13FN2O5S. The number of aromatic carboxylic acids is 1. The van der Waals surface area contributed by atoms with E-state index < -0.39 is 38.8 Å². The van der Waals surface area contributed by atoms with E-state index in [1.165, 1.54) is 0 Å².